The zero-order chi connectivity index (χ0) is 17.4. The van der Waals surface area contributed by atoms with Crippen molar-refractivity contribution in [1.29, 1.82) is 0 Å². The minimum atomic E-state index is -0.316. The van der Waals surface area contributed by atoms with Crippen LogP contribution in [0.4, 0.5) is 5.69 Å². The molecule has 0 aromatic heterocycles. The van der Waals surface area contributed by atoms with Crippen LogP contribution in [-0.4, -0.2) is 26.2 Å². The van der Waals surface area contributed by atoms with Gasteiger partial charge in [-0.1, -0.05) is 29.3 Å². The Labute approximate surface area is 143 Å². The van der Waals surface area contributed by atoms with Crippen LogP contribution in [0.25, 0.3) is 0 Å². The number of carbonyl (C=O) groups excluding carboxylic acids is 1. The number of benzene rings is 2. The average Bonchev–Trinajstić information content (AvgIpc) is 2.59. The molecule has 0 saturated heterocycles. The van der Waals surface area contributed by atoms with Crippen LogP contribution in [-0.2, 0) is 4.74 Å². The van der Waals surface area contributed by atoms with Crippen molar-refractivity contribution in [2.24, 2.45) is 0 Å². The van der Waals surface area contributed by atoms with Crippen molar-refractivity contribution in [3.8, 4) is 5.75 Å². The Bertz CT molecular complexity index is 665. The number of methoxy groups -OCH3 is 1. The molecule has 0 aliphatic heterocycles. The molecule has 24 heavy (non-hydrogen) atoms. The van der Waals surface area contributed by atoms with Gasteiger partial charge in [0.2, 0.25) is 0 Å². The van der Waals surface area contributed by atoms with Crippen molar-refractivity contribution < 1.29 is 14.3 Å². The van der Waals surface area contributed by atoms with Crippen LogP contribution >= 0.6 is 0 Å². The van der Waals surface area contributed by atoms with E-state index in [2.05, 4.69) is 12.2 Å². The predicted octanol–water partition coefficient (Wildman–Crippen LogP) is 4.36. The van der Waals surface area contributed by atoms with Gasteiger partial charge in [0, 0.05) is 12.2 Å². The summed E-state index contributed by atoms with van der Waals surface area (Å²) in [5.41, 5.74) is 3.65. The number of rotatable bonds is 8. The van der Waals surface area contributed by atoms with Gasteiger partial charge in [-0.05, 0) is 51.0 Å². The topological polar surface area (TPSA) is 47.6 Å². The lowest BCUT2D eigenvalue weighted by molar-refractivity contribution is 0.0601. The largest absolute Gasteiger partial charge is 0.494 e. The zero-order valence-electron chi connectivity index (χ0n) is 14.6. The highest BCUT2D eigenvalue weighted by Gasteiger charge is 2.11. The van der Waals surface area contributed by atoms with E-state index in [1.54, 1.807) is 0 Å². The molecule has 2 rings (SSSR count). The Hall–Kier alpha value is -2.49. The lowest BCUT2D eigenvalue weighted by atomic mass is 10.1. The molecule has 0 amide bonds. The highest BCUT2D eigenvalue weighted by molar-refractivity contribution is 5.95. The van der Waals surface area contributed by atoms with E-state index in [4.69, 9.17) is 9.47 Å². The van der Waals surface area contributed by atoms with E-state index in [0.717, 1.165) is 36.4 Å². The number of nitrogens with one attached hydrogen (secondary N) is 1. The smallest absolute Gasteiger partial charge is 0.339 e. The Morgan fingerprint density at radius 1 is 1.00 bits per heavy atom. The van der Waals surface area contributed by atoms with E-state index in [0.29, 0.717) is 12.2 Å². The average molecular weight is 327 g/mol. The normalized spacial score (nSPS) is 10.3. The first-order valence-corrected chi connectivity index (χ1v) is 8.22. The molecule has 0 bridgehead atoms. The summed E-state index contributed by atoms with van der Waals surface area (Å²) in [6.45, 7) is 5.48. The minimum absolute atomic E-state index is 0.316. The second-order valence-corrected chi connectivity index (χ2v) is 5.84. The number of esters is 1. The third-order valence-electron chi connectivity index (χ3n) is 3.76. The van der Waals surface area contributed by atoms with Crippen molar-refractivity contribution in [2.75, 3.05) is 25.6 Å². The molecule has 2 aromatic rings. The van der Waals surface area contributed by atoms with E-state index >= 15 is 0 Å². The molecule has 4 nitrogen and oxygen atoms in total. The van der Waals surface area contributed by atoms with Crippen LogP contribution in [0.15, 0.2) is 42.5 Å². The Balaban J connectivity index is 1.74. The monoisotopic (exact) mass is 327 g/mol. The number of hydrogen-bond donors (Lipinski definition) is 1. The van der Waals surface area contributed by atoms with Crippen molar-refractivity contribution >= 4 is 11.7 Å². The number of anilines is 1. The second kappa shape index (κ2) is 8.96. The van der Waals surface area contributed by atoms with E-state index in [9.17, 15) is 4.79 Å². The van der Waals surface area contributed by atoms with Gasteiger partial charge in [-0.3, -0.25) is 0 Å². The lowest BCUT2D eigenvalue weighted by Gasteiger charge is -2.12. The number of carbonyl (C=O) groups is 1. The summed E-state index contributed by atoms with van der Waals surface area (Å²) in [7, 11) is 1.40. The molecule has 0 radical (unpaired) electrons. The number of ether oxygens (including phenoxy) is 2. The van der Waals surface area contributed by atoms with Gasteiger partial charge in [0.1, 0.15) is 5.75 Å². The fourth-order valence-corrected chi connectivity index (χ4v) is 2.37. The molecule has 1 N–H and O–H groups in total. The SMILES string of the molecule is COC(=O)c1cc(C)ccc1NCCCCOc1ccc(C)cc1. The molecule has 0 aliphatic carbocycles. The van der Waals surface area contributed by atoms with Gasteiger partial charge in [0.25, 0.3) is 0 Å². The first-order valence-electron chi connectivity index (χ1n) is 8.22. The number of unbranched alkanes of at least 4 members (excludes halogenated alkanes) is 1. The van der Waals surface area contributed by atoms with Crippen molar-refractivity contribution in [3.05, 3.63) is 59.2 Å². The molecule has 0 saturated carbocycles. The lowest BCUT2D eigenvalue weighted by Crippen LogP contribution is -2.10. The summed E-state index contributed by atoms with van der Waals surface area (Å²) in [4.78, 5) is 11.8. The molecule has 0 unspecified atom stereocenters. The van der Waals surface area contributed by atoms with Gasteiger partial charge in [-0.25, -0.2) is 4.79 Å². The second-order valence-electron chi connectivity index (χ2n) is 5.84. The van der Waals surface area contributed by atoms with Gasteiger partial charge < -0.3 is 14.8 Å². The first kappa shape index (κ1) is 17.9. The van der Waals surface area contributed by atoms with Crippen LogP contribution in [0.3, 0.4) is 0 Å². The van der Waals surface area contributed by atoms with Gasteiger partial charge in [-0.2, -0.15) is 0 Å². The highest BCUT2D eigenvalue weighted by atomic mass is 16.5. The molecular weight excluding hydrogens is 302 g/mol. The molecule has 0 atom stereocenters. The van der Waals surface area contributed by atoms with Gasteiger partial charge in [0.15, 0.2) is 0 Å². The van der Waals surface area contributed by atoms with Crippen molar-refractivity contribution in [2.45, 2.75) is 26.7 Å². The summed E-state index contributed by atoms with van der Waals surface area (Å²) in [5.74, 6) is 0.587. The molecule has 128 valence electrons. The molecular formula is C20H25NO3. The third-order valence-corrected chi connectivity index (χ3v) is 3.76. The van der Waals surface area contributed by atoms with Crippen LogP contribution in [0.5, 0.6) is 5.75 Å². The Morgan fingerprint density at radius 3 is 2.42 bits per heavy atom. The van der Waals surface area contributed by atoms with E-state index < -0.39 is 0 Å². The standard InChI is InChI=1S/C20H25NO3/c1-15-6-9-17(10-7-15)24-13-5-4-12-21-19-11-8-16(2)14-18(19)20(22)23-3/h6-11,14,21H,4-5,12-13H2,1-3H3. The molecule has 0 heterocycles. The summed E-state index contributed by atoms with van der Waals surface area (Å²) < 4.78 is 10.5. The summed E-state index contributed by atoms with van der Waals surface area (Å²) >= 11 is 0. The molecule has 0 fully saturated rings. The molecule has 4 heteroatoms. The predicted molar refractivity (Wildman–Crippen MR) is 96.9 cm³/mol. The van der Waals surface area contributed by atoms with E-state index in [1.807, 2.05) is 49.4 Å². The van der Waals surface area contributed by atoms with Crippen LogP contribution in [0, 0.1) is 13.8 Å². The summed E-state index contributed by atoms with van der Waals surface area (Å²) in [6.07, 6.45) is 1.90. The van der Waals surface area contributed by atoms with Gasteiger partial charge >= 0.3 is 5.97 Å². The maximum Gasteiger partial charge on any atom is 0.339 e. The van der Waals surface area contributed by atoms with E-state index in [-0.39, 0.29) is 5.97 Å². The molecule has 0 spiro atoms. The van der Waals surface area contributed by atoms with E-state index in [1.165, 1.54) is 12.7 Å². The maximum absolute atomic E-state index is 11.8. The minimum Gasteiger partial charge on any atom is -0.494 e. The Morgan fingerprint density at radius 2 is 1.71 bits per heavy atom. The van der Waals surface area contributed by atoms with Crippen molar-refractivity contribution in [1.82, 2.24) is 0 Å². The van der Waals surface area contributed by atoms with Crippen molar-refractivity contribution in [3.63, 3.8) is 0 Å². The van der Waals surface area contributed by atoms with Crippen LogP contribution in [0.2, 0.25) is 0 Å². The zero-order valence-corrected chi connectivity index (χ0v) is 14.6. The molecule has 2 aromatic carbocycles. The molecule has 0 aliphatic rings. The quantitative estimate of drug-likeness (QED) is 0.578. The Kier molecular flexibility index (Phi) is 6.67. The maximum atomic E-state index is 11.8. The highest BCUT2D eigenvalue weighted by Crippen LogP contribution is 2.18. The number of aryl methyl sites for hydroxylation is 2. The third kappa shape index (κ3) is 5.30. The summed E-state index contributed by atoms with van der Waals surface area (Å²) in [5, 5.41) is 3.31. The van der Waals surface area contributed by atoms with Crippen LogP contribution < -0.4 is 10.1 Å². The van der Waals surface area contributed by atoms with Gasteiger partial charge in [-0.15, -0.1) is 0 Å². The first-order chi connectivity index (χ1) is 11.6. The number of hydrogen-bond acceptors (Lipinski definition) is 4. The fraction of sp³-hybridized carbons (Fsp3) is 0.350. The fourth-order valence-electron chi connectivity index (χ4n) is 2.37. The van der Waals surface area contributed by atoms with Crippen LogP contribution in [0.1, 0.15) is 34.3 Å². The summed E-state index contributed by atoms with van der Waals surface area (Å²) in [6, 6.07) is 13.8. The van der Waals surface area contributed by atoms with Gasteiger partial charge in [0.05, 0.1) is 19.3 Å².